The fourth-order valence-electron chi connectivity index (χ4n) is 3.51. The smallest absolute Gasteiger partial charge is 0.253 e. The molecule has 2 heterocycles. The van der Waals surface area contributed by atoms with Crippen LogP contribution in [-0.4, -0.2) is 65.7 Å². The molecule has 3 aromatic rings. The predicted molar refractivity (Wildman–Crippen MR) is 120 cm³/mol. The van der Waals surface area contributed by atoms with Crippen LogP contribution in [0, 0.1) is 0 Å². The van der Waals surface area contributed by atoms with Gasteiger partial charge in [-0.1, -0.05) is 17.8 Å². The van der Waals surface area contributed by atoms with Gasteiger partial charge in [-0.25, -0.2) is 0 Å². The second kappa shape index (κ2) is 10.1. The van der Waals surface area contributed by atoms with E-state index in [4.69, 9.17) is 14.0 Å². The Morgan fingerprint density at radius 3 is 2.41 bits per heavy atom. The normalized spacial score (nSPS) is 14.2. The molecule has 1 saturated heterocycles. The summed E-state index contributed by atoms with van der Waals surface area (Å²) < 4.78 is 16.1. The summed E-state index contributed by atoms with van der Waals surface area (Å²) in [6.45, 7) is 7.40. The van der Waals surface area contributed by atoms with Crippen LogP contribution in [0.1, 0.15) is 16.2 Å². The zero-order valence-corrected chi connectivity index (χ0v) is 18.1. The molecule has 1 fully saturated rings. The molecule has 0 aliphatic carbocycles. The van der Waals surface area contributed by atoms with Crippen molar-refractivity contribution in [2.24, 2.45) is 0 Å². The second-order valence-electron chi connectivity index (χ2n) is 7.43. The number of piperazine rings is 1. The van der Waals surface area contributed by atoms with Gasteiger partial charge in [0, 0.05) is 37.3 Å². The van der Waals surface area contributed by atoms with E-state index in [0.29, 0.717) is 43.5 Å². The van der Waals surface area contributed by atoms with Crippen LogP contribution in [0.4, 0.5) is 0 Å². The molecule has 1 aromatic heterocycles. The molecule has 8 nitrogen and oxygen atoms in total. The van der Waals surface area contributed by atoms with E-state index in [-0.39, 0.29) is 5.91 Å². The maximum atomic E-state index is 12.8. The van der Waals surface area contributed by atoms with Gasteiger partial charge in [-0.05, 0) is 48.5 Å². The summed E-state index contributed by atoms with van der Waals surface area (Å²) in [5.74, 6) is 2.64. The molecule has 0 radical (unpaired) electrons. The van der Waals surface area contributed by atoms with E-state index in [2.05, 4.69) is 21.6 Å². The van der Waals surface area contributed by atoms with Gasteiger partial charge in [0.15, 0.2) is 0 Å². The van der Waals surface area contributed by atoms with Crippen molar-refractivity contribution in [3.8, 4) is 22.9 Å². The minimum absolute atomic E-state index is 0.0273. The van der Waals surface area contributed by atoms with Crippen LogP contribution in [0.25, 0.3) is 11.4 Å². The van der Waals surface area contributed by atoms with Gasteiger partial charge in [0.25, 0.3) is 5.91 Å². The maximum Gasteiger partial charge on any atom is 0.253 e. The van der Waals surface area contributed by atoms with Gasteiger partial charge in [-0.3, -0.25) is 9.69 Å². The van der Waals surface area contributed by atoms with Crippen molar-refractivity contribution in [2.45, 2.75) is 6.54 Å². The first-order valence-electron chi connectivity index (χ1n) is 10.5. The predicted octanol–water partition coefficient (Wildman–Crippen LogP) is 3.27. The van der Waals surface area contributed by atoms with Crippen molar-refractivity contribution in [1.82, 2.24) is 19.9 Å². The summed E-state index contributed by atoms with van der Waals surface area (Å²) >= 11 is 0. The molecule has 1 amide bonds. The van der Waals surface area contributed by atoms with Crippen LogP contribution >= 0.6 is 0 Å². The third-order valence-electron chi connectivity index (χ3n) is 5.30. The van der Waals surface area contributed by atoms with Crippen molar-refractivity contribution < 1.29 is 18.8 Å². The van der Waals surface area contributed by atoms with Gasteiger partial charge in [0.05, 0.1) is 13.7 Å². The topological polar surface area (TPSA) is 80.9 Å². The van der Waals surface area contributed by atoms with Crippen LogP contribution in [0.2, 0.25) is 0 Å². The molecule has 0 bridgehead atoms. The number of ether oxygens (including phenoxy) is 2. The van der Waals surface area contributed by atoms with Gasteiger partial charge in [-0.2, -0.15) is 4.98 Å². The Balaban J connectivity index is 1.29. The third-order valence-corrected chi connectivity index (χ3v) is 5.30. The Morgan fingerprint density at radius 1 is 1.06 bits per heavy atom. The van der Waals surface area contributed by atoms with Crippen LogP contribution in [0.15, 0.2) is 65.7 Å². The number of hydrogen-bond donors (Lipinski definition) is 0. The fourth-order valence-corrected chi connectivity index (χ4v) is 3.51. The van der Waals surface area contributed by atoms with E-state index >= 15 is 0 Å². The molecule has 4 rings (SSSR count). The molecule has 1 aliphatic heterocycles. The Bertz CT molecular complexity index is 1040. The molecule has 0 spiro atoms. The average molecular weight is 434 g/mol. The van der Waals surface area contributed by atoms with Gasteiger partial charge < -0.3 is 18.9 Å². The first-order valence-corrected chi connectivity index (χ1v) is 10.5. The number of nitrogens with zero attached hydrogens (tertiary/aromatic N) is 4. The Hall–Kier alpha value is -3.65. The molecule has 0 N–H and O–H groups in total. The lowest BCUT2D eigenvalue weighted by Crippen LogP contribution is -2.48. The van der Waals surface area contributed by atoms with E-state index in [9.17, 15) is 4.79 Å². The standard InChI is InChI=1S/C24H26N4O4/c1-3-16-31-21-10-6-19(7-11-21)24(29)28-14-12-27(13-15-28)17-22-25-23(26-32-22)18-4-8-20(30-2)9-5-18/h3-11H,1,12-17H2,2H3. The summed E-state index contributed by atoms with van der Waals surface area (Å²) in [4.78, 5) is 21.4. The highest BCUT2D eigenvalue weighted by atomic mass is 16.5. The number of rotatable bonds is 8. The molecule has 8 heteroatoms. The van der Waals surface area contributed by atoms with Crippen LogP contribution in [0.3, 0.4) is 0 Å². The quantitative estimate of drug-likeness (QED) is 0.503. The third kappa shape index (κ3) is 5.15. The van der Waals surface area contributed by atoms with Crippen molar-refractivity contribution in [3.63, 3.8) is 0 Å². The average Bonchev–Trinajstić information content (AvgIpc) is 3.31. The Labute approximate surface area is 187 Å². The van der Waals surface area contributed by atoms with Gasteiger partial charge >= 0.3 is 0 Å². The Kier molecular flexibility index (Phi) is 6.81. The molecule has 0 saturated carbocycles. The highest BCUT2D eigenvalue weighted by Gasteiger charge is 2.23. The number of aromatic nitrogens is 2. The number of hydrogen-bond acceptors (Lipinski definition) is 7. The lowest BCUT2D eigenvalue weighted by molar-refractivity contribution is 0.0615. The maximum absolute atomic E-state index is 12.8. The number of methoxy groups -OCH3 is 1. The monoisotopic (exact) mass is 434 g/mol. The minimum atomic E-state index is 0.0273. The van der Waals surface area contributed by atoms with E-state index in [1.807, 2.05) is 41.3 Å². The van der Waals surface area contributed by atoms with Crippen molar-refractivity contribution >= 4 is 5.91 Å². The van der Waals surface area contributed by atoms with Crippen LogP contribution in [0.5, 0.6) is 11.5 Å². The molecule has 0 unspecified atom stereocenters. The summed E-state index contributed by atoms with van der Waals surface area (Å²) in [5, 5.41) is 4.08. The van der Waals surface area contributed by atoms with Gasteiger partial charge in [0.2, 0.25) is 11.7 Å². The van der Waals surface area contributed by atoms with Crippen LogP contribution < -0.4 is 9.47 Å². The molecular weight excluding hydrogens is 408 g/mol. The summed E-state index contributed by atoms with van der Waals surface area (Å²) in [5.41, 5.74) is 1.53. The zero-order valence-electron chi connectivity index (χ0n) is 18.1. The van der Waals surface area contributed by atoms with E-state index < -0.39 is 0 Å². The van der Waals surface area contributed by atoms with E-state index in [1.165, 1.54) is 0 Å². The Morgan fingerprint density at radius 2 is 1.75 bits per heavy atom. The fraction of sp³-hybridized carbons (Fsp3) is 0.292. The molecule has 32 heavy (non-hydrogen) atoms. The zero-order chi connectivity index (χ0) is 22.3. The lowest BCUT2D eigenvalue weighted by atomic mass is 10.1. The van der Waals surface area contributed by atoms with Crippen molar-refractivity contribution in [1.29, 1.82) is 0 Å². The number of benzene rings is 2. The summed E-state index contributed by atoms with van der Waals surface area (Å²) in [6, 6.07) is 14.7. The molecule has 1 aliphatic rings. The van der Waals surface area contributed by atoms with Gasteiger partial charge in [-0.15, -0.1) is 0 Å². The van der Waals surface area contributed by atoms with Gasteiger partial charge in [0.1, 0.15) is 18.1 Å². The largest absolute Gasteiger partial charge is 0.497 e. The molecule has 0 atom stereocenters. The molecule has 2 aromatic carbocycles. The number of carbonyl (C=O) groups excluding carboxylic acids is 1. The molecular formula is C24H26N4O4. The van der Waals surface area contributed by atoms with E-state index in [1.54, 1.807) is 25.3 Å². The summed E-state index contributed by atoms with van der Waals surface area (Å²) in [6.07, 6.45) is 1.69. The van der Waals surface area contributed by atoms with Crippen molar-refractivity contribution in [3.05, 3.63) is 72.6 Å². The highest BCUT2D eigenvalue weighted by Crippen LogP contribution is 2.20. The molecule has 166 valence electrons. The lowest BCUT2D eigenvalue weighted by Gasteiger charge is -2.34. The number of amides is 1. The second-order valence-corrected chi connectivity index (χ2v) is 7.43. The minimum Gasteiger partial charge on any atom is -0.497 e. The van der Waals surface area contributed by atoms with E-state index in [0.717, 1.165) is 30.2 Å². The summed E-state index contributed by atoms with van der Waals surface area (Å²) in [7, 11) is 1.63. The SMILES string of the molecule is C=CCOc1ccc(C(=O)N2CCN(Cc3nc(-c4ccc(OC)cc4)no3)CC2)cc1. The highest BCUT2D eigenvalue weighted by molar-refractivity contribution is 5.94. The van der Waals surface area contributed by atoms with Crippen LogP contribution in [-0.2, 0) is 6.54 Å². The van der Waals surface area contributed by atoms with Crippen molar-refractivity contribution in [2.75, 3.05) is 39.9 Å². The first kappa shape index (κ1) is 21.6. The number of carbonyl (C=O) groups is 1. The first-order chi connectivity index (χ1) is 15.7.